The van der Waals surface area contributed by atoms with Gasteiger partial charge in [-0.15, -0.1) is 0 Å². The number of nitrogens with zero attached hydrogens (tertiary/aromatic N) is 4. The number of hydrogen-bond acceptors (Lipinski definition) is 5. The summed E-state index contributed by atoms with van der Waals surface area (Å²) < 4.78 is 20.4. The lowest BCUT2D eigenvalue weighted by Gasteiger charge is -2.07. The fourth-order valence-electron chi connectivity index (χ4n) is 3.21. The molecule has 1 fully saturated rings. The minimum absolute atomic E-state index is 0.301. The number of fused-ring (bicyclic) bond motifs is 1. The third-order valence-corrected chi connectivity index (χ3v) is 4.78. The number of carbonyl (C=O) groups excluding carboxylic acids is 1. The quantitative estimate of drug-likeness (QED) is 0.583. The van der Waals surface area contributed by atoms with Gasteiger partial charge in [-0.05, 0) is 43.2 Å². The van der Waals surface area contributed by atoms with Crippen LogP contribution in [0.2, 0.25) is 0 Å². The van der Waals surface area contributed by atoms with E-state index in [2.05, 4.69) is 20.6 Å². The van der Waals surface area contributed by atoms with E-state index in [1.165, 1.54) is 12.1 Å². The Balaban J connectivity index is 1.65. The van der Waals surface area contributed by atoms with Crippen molar-refractivity contribution < 1.29 is 13.7 Å². The van der Waals surface area contributed by atoms with Crippen LogP contribution in [0.5, 0.6) is 0 Å². The average molecular weight is 377 g/mol. The number of rotatable bonds is 4. The van der Waals surface area contributed by atoms with Crippen LogP contribution in [0.1, 0.15) is 34.8 Å². The molecular formula is C20H16FN5O2. The molecule has 0 atom stereocenters. The SMILES string of the molecule is Cn1ccc(NC(=O)c2cc(C3CC3)nc3onc(-c4ccc(F)cc4)c23)n1. The monoisotopic (exact) mass is 377 g/mol. The average Bonchev–Trinajstić information content (AvgIpc) is 3.33. The number of nitrogens with one attached hydrogen (secondary N) is 1. The van der Waals surface area contributed by atoms with Gasteiger partial charge >= 0.3 is 0 Å². The molecule has 0 unspecified atom stereocenters. The lowest BCUT2D eigenvalue weighted by molar-refractivity contribution is 0.102. The molecule has 1 N–H and O–H groups in total. The summed E-state index contributed by atoms with van der Waals surface area (Å²) in [6.07, 6.45) is 3.83. The predicted molar refractivity (Wildman–Crippen MR) is 100 cm³/mol. The Morgan fingerprint density at radius 2 is 2.04 bits per heavy atom. The molecule has 140 valence electrons. The minimum Gasteiger partial charge on any atom is -0.335 e. The maximum absolute atomic E-state index is 13.3. The number of pyridine rings is 1. The van der Waals surface area contributed by atoms with Crippen LogP contribution >= 0.6 is 0 Å². The predicted octanol–water partition coefficient (Wildman–Crippen LogP) is 3.89. The van der Waals surface area contributed by atoms with Crippen molar-refractivity contribution in [1.82, 2.24) is 19.9 Å². The van der Waals surface area contributed by atoms with Gasteiger partial charge in [0, 0.05) is 36.5 Å². The van der Waals surface area contributed by atoms with Gasteiger partial charge in [0.25, 0.3) is 11.6 Å². The van der Waals surface area contributed by atoms with Gasteiger partial charge < -0.3 is 9.84 Å². The second-order valence-electron chi connectivity index (χ2n) is 6.92. The number of aryl methyl sites for hydroxylation is 1. The molecule has 0 radical (unpaired) electrons. The van der Waals surface area contributed by atoms with Crippen molar-refractivity contribution in [3.63, 3.8) is 0 Å². The van der Waals surface area contributed by atoms with Gasteiger partial charge in [-0.25, -0.2) is 9.37 Å². The number of halogens is 1. The number of aromatic nitrogens is 4. The van der Waals surface area contributed by atoms with Crippen molar-refractivity contribution in [2.45, 2.75) is 18.8 Å². The molecule has 0 bridgehead atoms. The number of carbonyl (C=O) groups is 1. The van der Waals surface area contributed by atoms with Crippen LogP contribution in [-0.2, 0) is 7.05 Å². The largest absolute Gasteiger partial charge is 0.335 e. The molecule has 5 rings (SSSR count). The van der Waals surface area contributed by atoms with Crippen molar-refractivity contribution in [1.29, 1.82) is 0 Å². The van der Waals surface area contributed by atoms with Crippen molar-refractivity contribution in [3.05, 3.63) is 59.7 Å². The summed E-state index contributed by atoms with van der Waals surface area (Å²) in [4.78, 5) is 17.6. The molecule has 7 nitrogen and oxygen atoms in total. The molecule has 0 saturated heterocycles. The van der Waals surface area contributed by atoms with E-state index in [0.717, 1.165) is 18.5 Å². The van der Waals surface area contributed by atoms with Gasteiger partial charge in [0.2, 0.25) is 0 Å². The zero-order valence-electron chi connectivity index (χ0n) is 15.0. The fraction of sp³-hybridized carbons (Fsp3) is 0.200. The summed E-state index contributed by atoms with van der Waals surface area (Å²) in [6, 6.07) is 9.39. The third-order valence-electron chi connectivity index (χ3n) is 4.78. The highest BCUT2D eigenvalue weighted by atomic mass is 19.1. The lowest BCUT2D eigenvalue weighted by atomic mass is 10.0. The summed E-state index contributed by atoms with van der Waals surface area (Å²) in [5.74, 6) is 0.119. The molecule has 4 aromatic rings. The Labute approximate surface area is 159 Å². The smallest absolute Gasteiger partial charge is 0.259 e. The van der Waals surface area contributed by atoms with Crippen molar-refractivity contribution >= 4 is 22.8 Å². The molecule has 1 saturated carbocycles. The molecule has 1 aliphatic rings. The molecule has 28 heavy (non-hydrogen) atoms. The van der Waals surface area contributed by atoms with E-state index in [4.69, 9.17) is 4.52 Å². The standard InChI is InChI=1S/C20H16FN5O2/c1-26-9-8-16(24-26)23-19(27)14-10-15(11-2-3-11)22-20-17(14)18(25-28-20)12-4-6-13(21)7-5-12/h4-11H,2-3H2,1H3,(H,23,24,27). The minimum atomic E-state index is -0.348. The van der Waals surface area contributed by atoms with E-state index in [1.807, 2.05) is 0 Å². The summed E-state index contributed by atoms with van der Waals surface area (Å²) in [5, 5.41) is 11.6. The van der Waals surface area contributed by atoms with E-state index in [1.54, 1.807) is 42.2 Å². The van der Waals surface area contributed by atoms with Crippen LogP contribution < -0.4 is 5.32 Å². The Bertz CT molecular complexity index is 1190. The summed E-state index contributed by atoms with van der Waals surface area (Å²) in [7, 11) is 1.78. The van der Waals surface area contributed by atoms with Crippen LogP contribution in [-0.4, -0.2) is 25.8 Å². The Kier molecular flexibility index (Phi) is 3.71. The van der Waals surface area contributed by atoms with E-state index in [-0.39, 0.29) is 11.7 Å². The van der Waals surface area contributed by atoms with Crippen LogP contribution in [0.15, 0.2) is 47.1 Å². The highest BCUT2D eigenvalue weighted by Crippen LogP contribution is 2.41. The van der Waals surface area contributed by atoms with E-state index < -0.39 is 0 Å². The van der Waals surface area contributed by atoms with E-state index in [9.17, 15) is 9.18 Å². The van der Waals surface area contributed by atoms with Gasteiger partial charge in [-0.2, -0.15) is 5.10 Å². The Hall–Kier alpha value is -3.55. The van der Waals surface area contributed by atoms with Crippen LogP contribution in [0.4, 0.5) is 10.2 Å². The number of amides is 1. The van der Waals surface area contributed by atoms with Crippen LogP contribution in [0, 0.1) is 5.82 Å². The van der Waals surface area contributed by atoms with Gasteiger partial charge in [0.15, 0.2) is 5.82 Å². The number of anilines is 1. The first-order valence-corrected chi connectivity index (χ1v) is 8.96. The molecule has 0 spiro atoms. The summed E-state index contributed by atoms with van der Waals surface area (Å²) in [5.41, 5.74) is 2.64. The molecule has 1 aliphatic carbocycles. The second-order valence-corrected chi connectivity index (χ2v) is 6.92. The van der Waals surface area contributed by atoms with Gasteiger partial charge in [-0.3, -0.25) is 9.48 Å². The number of hydrogen-bond donors (Lipinski definition) is 1. The fourth-order valence-corrected chi connectivity index (χ4v) is 3.21. The highest BCUT2D eigenvalue weighted by Gasteiger charge is 2.29. The highest BCUT2D eigenvalue weighted by molar-refractivity contribution is 6.14. The normalized spacial score (nSPS) is 13.8. The van der Waals surface area contributed by atoms with Gasteiger partial charge in [0.05, 0.1) is 10.9 Å². The zero-order valence-corrected chi connectivity index (χ0v) is 15.0. The zero-order chi connectivity index (χ0) is 19.3. The van der Waals surface area contributed by atoms with Gasteiger partial charge in [0.1, 0.15) is 11.5 Å². The third kappa shape index (κ3) is 2.92. The Morgan fingerprint density at radius 3 is 2.71 bits per heavy atom. The molecular weight excluding hydrogens is 361 g/mol. The molecule has 0 aliphatic heterocycles. The molecule has 1 aromatic carbocycles. The maximum atomic E-state index is 13.3. The molecule has 1 amide bonds. The van der Waals surface area contributed by atoms with E-state index >= 15 is 0 Å². The van der Waals surface area contributed by atoms with Crippen LogP contribution in [0.25, 0.3) is 22.4 Å². The Morgan fingerprint density at radius 1 is 1.25 bits per heavy atom. The molecule has 3 aromatic heterocycles. The van der Waals surface area contributed by atoms with Gasteiger partial charge in [-0.1, -0.05) is 5.16 Å². The first-order valence-electron chi connectivity index (χ1n) is 8.96. The first kappa shape index (κ1) is 16.6. The molecule has 8 heteroatoms. The van der Waals surface area contributed by atoms with Crippen LogP contribution in [0.3, 0.4) is 0 Å². The first-order chi connectivity index (χ1) is 13.6. The lowest BCUT2D eigenvalue weighted by Crippen LogP contribution is -2.14. The van der Waals surface area contributed by atoms with Crippen molar-refractivity contribution in [3.8, 4) is 11.3 Å². The summed E-state index contributed by atoms with van der Waals surface area (Å²) in [6.45, 7) is 0. The number of benzene rings is 1. The topological polar surface area (TPSA) is 85.8 Å². The van der Waals surface area contributed by atoms with Crippen molar-refractivity contribution in [2.24, 2.45) is 7.05 Å². The van der Waals surface area contributed by atoms with E-state index in [0.29, 0.717) is 39.7 Å². The maximum Gasteiger partial charge on any atom is 0.259 e. The van der Waals surface area contributed by atoms with Crippen molar-refractivity contribution in [2.75, 3.05) is 5.32 Å². The second kappa shape index (κ2) is 6.26. The summed E-state index contributed by atoms with van der Waals surface area (Å²) >= 11 is 0. The molecule has 3 heterocycles.